The molecule has 2 unspecified atom stereocenters. The Morgan fingerprint density at radius 2 is 0.893 bits per heavy atom. The molecule has 0 heterocycles. The van der Waals surface area contributed by atoms with Crippen LogP contribution in [-0.2, 0) is 28.6 Å². The zero-order valence-corrected chi connectivity index (χ0v) is 37.3. The van der Waals surface area contributed by atoms with Crippen molar-refractivity contribution >= 4 is 17.9 Å². The molecule has 8 nitrogen and oxygen atoms in total. The number of carbonyl (C=O) groups is 3. The lowest BCUT2D eigenvalue weighted by Gasteiger charge is -2.31. The van der Waals surface area contributed by atoms with Gasteiger partial charge in [0.25, 0.3) is 0 Å². The first kappa shape index (κ1) is 53.8. The first-order valence-electron chi connectivity index (χ1n) is 23.4. The lowest BCUT2D eigenvalue weighted by atomic mass is 10.1. The lowest BCUT2D eigenvalue weighted by Crippen LogP contribution is -2.50. The monoisotopic (exact) mass is 793 g/mol. The Hall–Kier alpha value is -2.19. The molecule has 328 valence electrons. The van der Waals surface area contributed by atoms with Crippen molar-refractivity contribution < 1.29 is 38.2 Å². The first-order chi connectivity index (χ1) is 27.1. The summed E-state index contributed by atoms with van der Waals surface area (Å²) in [5.74, 6) is -1.48. The number of aliphatic carboxylic acids is 1. The molecule has 0 saturated carbocycles. The van der Waals surface area contributed by atoms with Crippen LogP contribution >= 0.6 is 0 Å². The second kappa shape index (κ2) is 39.6. The highest BCUT2D eigenvalue weighted by Gasteiger charge is 2.31. The topological polar surface area (TPSA) is 99.1 Å². The number of esters is 2. The molecule has 0 aliphatic carbocycles. The van der Waals surface area contributed by atoms with E-state index in [4.69, 9.17) is 14.2 Å². The molecule has 0 spiro atoms. The van der Waals surface area contributed by atoms with Gasteiger partial charge < -0.3 is 23.8 Å². The third-order valence-corrected chi connectivity index (χ3v) is 10.6. The predicted octanol–water partition coefficient (Wildman–Crippen LogP) is 12.9. The van der Waals surface area contributed by atoms with Crippen molar-refractivity contribution in [1.82, 2.24) is 0 Å². The van der Waals surface area contributed by atoms with Gasteiger partial charge in [0.15, 0.2) is 12.1 Å². The summed E-state index contributed by atoms with van der Waals surface area (Å²) in [6, 6.07) is -0.615. The van der Waals surface area contributed by atoms with Crippen LogP contribution in [0.25, 0.3) is 0 Å². The van der Waals surface area contributed by atoms with Crippen LogP contribution in [0.15, 0.2) is 24.3 Å². The van der Waals surface area contributed by atoms with Gasteiger partial charge in [-0.1, -0.05) is 154 Å². The van der Waals surface area contributed by atoms with Crippen LogP contribution in [0, 0.1) is 0 Å². The van der Waals surface area contributed by atoms with Crippen LogP contribution in [-0.4, -0.2) is 80.6 Å². The molecule has 0 aromatic heterocycles. The number of carboxylic acid groups (broad SMARTS) is 1. The number of likely N-dealkylation sites (N-methyl/N-ethyl adjacent to an activating group) is 1. The molecule has 0 fully saturated rings. The molecule has 0 aliphatic heterocycles. The first-order valence-corrected chi connectivity index (χ1v) is 23.4. The standard InChI is InChI=1S/C48H89NO7/c1-6-8-10-12-14-16-18-20-22-24-26-28-30-32-34-36-38-46(50)55-43-44(42-54-41-40-45(48(52)53)49(3,4)5)56-47(51)39-37-35-33-31-29-27-25-23-21-19-17-15-13-11-9-7-2/h22-25,44-45H,6-21,26-43H2,1-5H3/p+1/b24-22-,25-23-. The lowest BCUT2D eigenvalue weighted by molar-refractivity contribution is -0.887. The van der Waals surface area contributed by atoms with E-state index in [-0.39, 0.29) is 36.2 Å². The second-order valence-electron chi connectivity index (χ2n) is 17.0. The minimum atomic E-state index is -0.876. The molecule has 0 saturated heterocycles. The van der Waals surface area contributed by atoms with Crippen LogP contribution < -0.4 is 0 Å². The molecule has 0 aromatic rings. The summed E-state index contributed by atoms with van der Waals surface area (Å²) in [5, 5.41) is 9.62. The summed E-state index contributed by atoms with van der Waals surface area (Å²) in [7, 11) is 5.53. The molecule has 0 amide bonds. The van der Waals surface area contributed by atoms with Gasteiger partial charge in [-0.3, -0.25) is 9.59 Å². The van der Waals surface area contributed by atoms with Crippen molar-refractivity contribution in [3.05, 3.63) is 24.3 Å². The Labute approximate surface area is 345 Å². The maximum absolute atomic E-state index is 12.7. The smallest absolute Gasteiger partial charge is 0.362 e. The number of unbranched alkanes of at least 4 members (excludes halogenated alkanes) is 24. The summed E-state index contributed by atoms with van der Waals surface area (Å²) < 4.78 is 17.3. The van der Waals surface area contributed by atoms with E-state index in [0.29, 0.717) is 19.3 Å². The number of carboxylic acids is 1. The average molecular weight is 793 g/mol. The molecular formula is C48H90NO7+. The summed E-state index contributed by atoms with van der Waals surface area (Å²) in [5.41, 5.74) is 0. The van der Waals surface area contributed by atoms with Crippen LogP contribution in [0.2, 0.25) is 0 Å². The zero-order chi connectivity index (χ0) is 41.4. The SMILES string of the molecule is CCCCCCCCC/C=C\CCCCCCCC(=O)OCC(COCCC(C(=O)O)[N+](C)(C)C)OC(=O)CCCCCCC/C=C\CCCCCCCCC. The molecule has 2 atom stereocenters. The van der Waals surface area contributed by atoms with Gasteiger partial charge in [0.2, 0.25) is 0 Å². The molecule has 0 rings (SSSR count). The summed E-state index contributed by atoms with van der Waals surface area (Å²) in [6.45, 7) is 4.73. The molecule has 8 heteroatoms. The number of quaternary nitrogens is 1. The third kappa shape index (κ3) is 37.4. The fraction of sp³-hybridized carbons (Fsp3) is 0.854. The van der Waals surface area contributed by atoms with Crippen molar-refractivity contribution in [2.45, 2.75) is 225 Å². The van der Waals surface area contributed by atoms with Crippen molar-refractivity contribution in [1.29, 1.82) is 0 Å². The van der Waals surface area contributed by atoms with E-state index in [1.807, 2.05) is 21.1 Å². The van der Waals surface area contributed by atoms with Gasteiger partial charge in [0, 0.05) is 19.3 Å². The number of ether oxygens (including phenoxy) is 3. The molecular weight excluding hydrogens is 703 g/mol. The van der Waals surface area contributed by atoms with Gasteiger partial charge >= 0.3 is 17.9 Å². The summed E-state index contributed by atoms with van der Waals surface area (Å²) in [6.07, 6.45) is 43.6. The number of rotatable bonds is 42. The van der Waals surface area contributed by atoms with Gasteiger partial charge in [0.05, 0.1) is 34.4 Å². The van der Waals surface area contributed by atoms with Gasteiger partial charge in [-0.25, -0.2) is 4.79 Å². The van der Waals surface area contributed by atoms with E-state index in [9.17, 15) is 19.5 Å². The van der Waals surface area contributed by atoms with Crippen molar-refractivity contribution in [2.75, 3.05) is 41.0 Å². The molecule has 0 aliphatic rings. The number of hydrogen-bond donors (Lipinski definition) is 1. The Morgan fingerprint density at radius 1 is 0.518 bits per heavy atom. The van der Waals surface area contributed by atoms with Gasteiger partial charge in [0.1, 0.15) is 6.61 Å². The maximum atomic E-state index is 12.7. The molecule has 0 radical (unpaired) electrons. The Morgan fingerprint density at radius 3 is 1.29 bits per heavy atom. The maximum Gasteiger partial charge on any atom is 0.362 e. The molecule has 1 N–H and O–H groups in total. The number of allylic oxidation sites excluding steroid dienone is 4. The Kier molecular flexibility index (Phi) is 38.1. The van der Waals surface area contributed by atoms with Crippen LogP contribution in [0.1, 0.15) is 213 Å². The fourth-order valence-corrected chi connectivity index (χ4v) is 6.90. The highest BCUT2D eigenvalue weighted by molar-refractivity contribution is 5.72. The molecule has 0 bridgehead atoms. The second-order valence-corrected chi connectivity index (χ2v) is 17.0. The van der Waals surface area contributed by atoms with Crippen molar-refractivity contribution in [3.8, 4) is 0 Å². The molecule has 0 aromatic carbocycles. The van der Waals surface area contributed by atoms with E-state index >= 15 is 0 Å². The van der Waals surface area contributed by atoms with E-state index < -0.39 is 18.1 Å². The van der Waals surface area contributed by atoms with Gasteiger partial charge in [-0.05, 0) is 64.2 Å². The van der Waals surface area contributed by atoms with E-state index in [1.54, 1.807) is 0 Å². The highest BCUT2D eigenvalue weighted by atomic mass is 16.6. The van der Waals surface area contributed by atoms with Gasteiger partial charge in [-0.15, -0.1) is 0 Å². The minimum absolute atomic E-state index is 0.0556. The van der Waals surface area contributed by atoms with E-state index in [0.717, 1.165) is 57.8 Å². The average Bonchev–Trinajstić information content (AvgIpc) is 3.15. The Bertz CT molecular complexity index is 973. The number of nitrogens with zero attached hydrogens (tertiary/aromatic N) is 1. The quantitative estimate of drug-likeness (QED) is 0.0284. The highest BCUT2D eigenvalue weighted by Crippen LogP contribution is 2.14. The summed E-state index contributed by atoms with van der Waals surface area (Å²) >= 11 is 0. The molecule has 56 heavy (non-hydrogen) atoms. The van der Waals surface area contributed by atoms with Crippen LogP contribution in [0.5, 0.6) is 0 Å². The summed E-state index contributed by atoms with van der Waals surface area (Å²) in [4.78, 5) is 37.0. The third-order valence-electron chi connectivity index (χ3n) is 10.6. The van der Waals surface area contributed by atoms with Gasteiger partial charge in [-0.2, -0.15) is 0 Å². The fourth-order valence-electron chi connectivity index (χ4n) is 6.90. The van der Waals surface area contributed by atoms with E-state index in [1.165, 1.54) is 122 Å². The number of carbonyl (C=O) groups excluding carboxylic acids is 2. The minimum Gasteiger partial charge on any atom is -0.477 e. The zero-order valence-electron chi connectivity index (χ0n) is 37.3. The van der Waals surface area contributed by atoms with Crippen molar-refractivity contribution in [2.24, 2.45) is 0 Å². The Balaban J connectivity index is 4.33. The normalized spacial score (nSPS) is 13.1. The van der Waals surface area contributed by atoms with E-state index in [2.05, 4.69) is 38.2 Å². The number of hydrogen-bond acceptors (Lipinski definition) is 6. The van der Waals surface area contributed by atoms with Crippen LogP contribution in [0.3, 0.4) is 0 Å². The largest absolute Gasteiger partial charge is 0.477 e. The van der Waals surface area contributed by atoms with Crippen molar-refractivity contribution in [3.63, 3.8) is 0 Å². The predicted molar refractivity (Wildman–Crippen MR) is 234 cm³/mol. The van der Waals surface area contributed by atoms with Crippen LogP contribution in [0.4, 0.5) is 0 Å².